The number of hydrogen-bond acceptors (Lipinski definition) is 5. The minimum atomic E-state index is -4.02. The first kappa shape index (κ1) is 13.9. The molecule has 102 valence electrons. The summed E-state index contributed by atoms with van der Waals surface area (Å²) in [5.74, 6) is 0. The normalized spacial score (nSPS) is 24.3. The topological polar surface area (TPSA) is 70.4 Å². The van der Waals surface area contributed by atoms with Crippen LogP contribution in [-0.4, -0.2) is 32.2 Å². The van der Waals surface area contributed by atoms with Crippen molar-refractivity contribution in [3.05, 3.63) is 29.8 Å². The van der Waals surface area contributed by atoms with Crippen molar-refractivity contribution in [1.29, 1.82) is 5.26 Å². The molecule has 1 heterocycles. The zero-order valence-electron chi connectivity index (χ0n) is 10.3. The Bertz CT molecular complexity index is 594. The Morgan fingerprint density at radius 1 is 1.42 bits per heavy atom. The van der Waals surface area contributed by atoms with Gasteiger partial charge in [0.1, 0.15) is 12.2 Å². The maximum absolute atomic E-state index is 13.2. The van der Waals surface area contributed by atoms with Gasteiger partial charge in [0.15, 0.2) is 0 Å². The van der Waals surface area contributed by atoms with Crippen LogP contribution in [0.15, 0.2) is 29.2 Å². The Kier molecular flexibility index (Phi) is 3.85. The summed E-state index contributed by atoms with van der Waals surface area (Å²) in [4.78, 5) is -0.0166. The van der Waals surface area contributed by atoms with Crippen molar-refractivity contribution in [3.63, 3.8) is 0 Å². The van der Waals surface area contributed by atoms with Crippen molar-refractivity contribution >= 4 is 10.1 Å². The number of hydrogen-bond donors (Lipinski definition) is 0. The molecular weight excluding hydrogens is 271 g/mol. The fraction of sp³-hybridized carbons (Fsp3) is 0.417. The van der Waals surface area contributed by atoms with Gasteiger partial charge in [-0.05, 0) is 19.1 Å². The molecule has 2 rings (SSSR count). The van der Waals surface area contributed by atoms with E-state index in [1.54, 1.807) is 12.1 Å². The number of rotatable bonds is 3. The van der Waals surface area contributed by atoms with Crippen molar-refractivity contribution in [3.8, 4) is 6.07 Å². The van der Waals surface area contributed by atoms with Crippen molar-refractivity contribution in [2.45, 2.75) is 30.5 Å². The summed E-state index contributed by atoms with van der Waals surface area (Å²) >= 11 is 0. The van der Waals surface area contributed by atoms with Crippen LogP contribution in [-0.2, 0) is 14.4 Å². The number of aryl methyl sites for hydroxylation is 1. The van der Waals surface area contributed by atoms with Crippen LogP contribution in [0.1, 0.15) is 12.0 Å². The molecule has 0 aliphatic carbocycles. The average Bonchev–Trinajstić information content (AvgIpc) is 2.69. The predicted octanol–water partition coefficient (Wildman–Crippen LogP) is 1.55. The van der Waals surface area contributed by atoms with Crippen LogP contribution < -0.4 is 0 Å². The lowest BCUT2D eigenvalue weighted by molar-refractivity contribution is -0.0511. The minimum absolute atomic E-state index is 0.0166. The molecule has 1 saturated heterocycles. The van der Waals surface area contributed by atoms with Crippen molar-refractivity contribution in [1.82, 2.24) is 5.06 Å². The van der Waals surface area contributed by atoms with Crippen LogP contribution in [0.4, 0.5) is 4.39 Å². The maximum atomic E-state index is 13.2. The van der Waals surface area contributed by atoms with Gasteiger partial charge in [0, 0.05) is 6.42 Å². The van der Waals surface area contributed by atoms with E-state index < -0.39 is 22.3 Å². The summed E-state index contributed by atoms with van der Waals surface area (Å²) in [7, 11) is -4.02. The zero-order valence-corrected chi connectivity index (χ0v) is 11.1. The molecule has 1 aromatic rings. The second kappa shape index (κ2) is 5.25. The van der Waals surface area contributed by atoms with Gasteiger partial charge in [0.05, 0.1) is 17.5 Å². The Labute approximate surface area is 111 Å². The molecule has 2 atom stereocenters. The second-order valence-electron chi connectivity index (χ2n) is 4.42. The Morgan fingerprint density at radius 3 is 2.63 bits per heavy atom. The fourth-order valence-electron chi connectivity index (χ4n) is 1.83. The first-order chi connectivity index (χ1) is 8.92. The smallest absolute Gasteiger partial charge is 0.246 e. The van der Waals surface area contributed by atoms with Crippen LogP contribution in [0.5, 0.6) is 0 Å². The van der Waals surface area contributed by atoms with E-state index in [1.165, 1.54) is 12.1 Å². The lowest BCUT2D eigenvalue weighted by Crippen LogP contribution is -2.31. The highest BCUT2D eigenvalue weighted by molar-refractivity contribution is 7.86. The molecule has 5 nitrogen and oxygen atoms in total. The summed E-state index contributed by atoms with van der Waals surface area (Å²) in [5, 5.41) is 9.71. The number of benzene rings is 1. The van der Waals surface area contributed by atoms with Gasteiger partial charge < -0.3 is 0 Å². The second-order valence-corrected chi connectivity index (χ2v) is 5.95. The largest absolute Gasteiger partial charge is 0.313 e. The van der Waals surface area contributed by atoms with Crippen molar-refractivity contribution < 1.29 is 17.1 Å². The van der Waals surface area contributed by atoms with Crippen LogP contribution in [0.2, 0.25) is 0 Å². The molecule has 0 unspecified atom stereocenters. The van der Waals surface area contributed by atoms with E-state index in [-0.39, 0.29) is 17.9 Å². The van der Waals surface area contributed by atoms with Gasteiger partial charge in [-0.1, -0.05) is 17.7 Å². The highest BCUT2D eigenvalue weighted by Crippen LogP contribution is 2.24. The van der Waals surface area contributed by atoms with Crippen LogP contribution in [0.3, 0.4) is 0 Å². The maximum Gasteiger partial charge on any atom is 0.313 e. The van der Waals surface area contributed by atoms with Gasteiger partial charge in [-0.2, -0.15) is 23.0 Å². The van der Waals surface area contributed by atoms with E-state index in [1.807, 2.05) is 13.0 Å². The number of hydroxylamine groups is 2. The molecule has 0 radical (unpaired) electrons. The number of alkyl halides is 1. The minimum Gasteiger partial charge on any atom is -0.246 e. The molecule has 7 heteroatoms. The molecule has 1 fully saturated rings. The molecule has 0 aromatic heterocycles. The molecule has 1 aliphatic heterocycles. The summed E-state index contributed by atoms with van der Waals surface area (Å²) in [6, 6.07) is 7.05. The highest BCUT2D eigenvalue weighted by atomic mass is 32.2. The van der Waals surface area contributed by atoms with E-state index >= 15 is 0 Å². The Morgan fingerprint density at radius 2 is 2.05 bits per heavy atom. The quantitative estimate of drug-likeness (QED) is 0.842. The highest BCUT2D eigenvalue weighted by Gasteiger charge is 2.36. The number of halogens is 1. The van der Waals surface area contributed by atoms with Crippen molar-refractivity contribution in [2.75, 3.05) is 6.54 Å². The summed E-state index contributed by atoms with van der Waals surface area (Å²) < 4.78 is 42.0. The summed E-state index contributed by atoms with van der Waals surface area (Å²) in [6.45, 7) is 1.61. The first-order valence-corrected chi connectivity index (χ1v) is 7.15. The lowest BCUT2D eigenvalue weighted by Gasteiger charge is -2.17. The third-order valence-electron chi connectivity index (χ3n) is 2.86. The predicted molar refractivity (Wildman–Crippen MR) is 65.1 cm³/mol. The monoisotopic (exact) mass is 284 g/mol. The molecule has 0 spiro atoms. The molecule has 0 bridgehead atoms. The van der Waals surface area contributed by atoms with E-state index in [9.17, 15) is 12.8 Å². The van der Waals surface area contributed by atoms with E-state index in [2.05, 4.69) is 0 Å². The summed E-state index contributed by atoms with van der Waals surface area (Å²) in [5.41, 5.74) is 0.916. The van der Waals surface area contributed by atoms with Gasteiger partial charge in [-0.3, -0.25) is 0 Å². The van der Waals surface area contributed by atoms with Crippen molar-refractivity contribution in [2.24, 2.45) is 0 Å². The van der Waals surface area contributed by atoms with E-state index in [0.717, 1.165) is 10.6 Å². The third-order valence-corrected chi connectivity index (χ3v) is 4.09. The average molecular weight is 284 g/mol. The van der Waals surface area contributed by atoms with Crippen LogP contribution >= 0.6 is 0 Å². The van der Waals surface area contributed by atoms with Gasteiger partial charge in [0.25, 0.3) is 0 Å². The standard InChI is InChI=1S/C12H13FN2O3S/c1-9-2-4-12(5-3-9)19(16,17)18-15-8-10(13)6-11(15)7-14/h2-5,10-11H,6,8H2,1H3/t10-,11-/m0/s1. The van der Waals surface area contributed by atoms with Crippen LogP contribution in [0.25, 0.3) is 0 Å². The Hall–Kier alpha value is -1.49. The van der Waals surface area contributed by atoms with E-state index in [0.29, 0.717) is 0 Å². The molecule has 0 saturated carbocycles. The molecule has 0 amide bonds. The lowest BCUT2D eigenvalue weighted by atomic mass is 10.2. The molecule has 1 aliphatic rings. The van der Waals surface area contributed by atoms with Crippen LogP contribution in [0, 0.1) is 18.3 Å². The molecule has 1 aromatic carbocycles. The zero-order chi connectivity index (χ0) is 14.0. The molecule has 19 heavy (non-hydrogen) atoms. The Balaban J connectivity index is 2.18. The molecule has 0 N–H and O–H groups in total. The molecular formula is C12H13FN2O3S. The van der Waals surface area contributed by atoms with Gasteiger partial charge in [0.2, 0.25) is 0 Å². The summed E-state index contributed by atoms with van der Waals surface area (Å²) in [6.07, 6.45) is -1.29. The number of nitrogens with zero attached hydrogens (tertiary/aromatic N) is 2. The van der Waals surface area contributed by atoms with Gasteiger partial charge >= 0.3 is 10.1 Å². The SMILES string of the molecule is Cc1ccc(S(=O)(=O)ON2C[C@@H](F)C[C@H]2C#N)cc1. The van der Waals surface area contributed by atoms with Gasteiger partial charge in [-0.25, -0.2) is 4.39 Å². The fourth-order valence-corrected chi connectivity index (χ4v) is 2.80. The number of nitriles is 1. The third kappa shape index (κ3) is 3.10. The van der Waals surface area contributed by atoms with E-state index in [4.69, 9.17) is 9.55 Å². The first-order valence-electron chi connectivity index (χ1n) is 5.74. The van der Waals surface area contributed by atoms with Gasteiger partial charge in [-0.15, -0.1) is 0 Å².